The number of anilines is 1. The maximum absolute atomic E-state index is 13.3. The van der Waals surface area contributed by atoms with Gasteiger partial charge in [0, 0.05) is 0 Å². The number of hydrogen-bond donors (Lipinski definition) is 0. The lowest BCUT2D eigenvalue weighted by Gasteiger charge is -2.26. The Morgan fingerprint density at radius 3 is 2.10 bits per heavy atom. The van der Waals surface area contributed by atoms with E-state index in [1.54, 1.807) is 42.5 Å². The van der Waals surface area contributed by atoms with Crippen LogP contribution in [-0.4, -0.2) is 8.42 Å². The zero-order chi connectivity index (χ0) is 21.2. The Bertz CT molecular complexity index is 1100. The van der Waals surface area contributed by atoms with Gasteiger partial charge < -0.3 is 0 Å². The van der Waals surface area contributed by atoms with Crippen molar-refractivity contribution >= 4 is 27.3 Å². The van der Waals surface area contributed by atoms with E-state index in [9.17, 15) is 21.6 Å². The third-order valence-electron chi connectivity index (χ3n) is 4.32. The van der Waals surface area contributed by atoms with Crippen molar-refractivity contribution in [2.45, 2.75) is 24.5 Å². The van der Waals surface area contributed by atoms with E-state index in [-0.39, 0.29) is 22.2 Å². The van der Waals surface area contributed by atoms with Crippen LogP contribution in [0.2, 0.25) is 5.02 Å². The first-order valence-corrected chi connectivity index (χ1v) is 10.4. The van der Waals surface area contributed by atoms with Crippen LogP contribution in [0.1, 0.15) is 16.7 Å². The first kappa shape index (κ1) is 21.2. The van der Waals surface area contributed by atoms with E-state index in [1.807, 2.05) is 6.92 Å². The van der Waals surface area contributed by atoms with E-state index < -0.39 is 21.8 Å². The molecule has 0 bridgehead atoms. The molecule has 0 amide bonds. The zero-order valence-electron chi connectivity index (χ0n) is 15.3. The molecule has 0 radical (unpaired) electrons. The highest BCUT2D eigenvalue weighted by Crippen LogP contribution is 2.37. The highest BCUT2D eigenvalue weighted by atomic mass is 35.5. The summed E-state index contributed by atoms with van der Waals surface area (Å²) in [5.41, 5.74) is 0.577. The number of halogens is 4. The topological polar surface area (TPSA) is 37.4 Å². The lowest BCUT2D eigenvalue weighted by molar-refractivity contribution is -0.137. The van der Waals surface area contributed by atoms with Gasteiger partial charge in [0.2, 0.25) is 0 Å². The Labute approximate surface area is 172 Å². The molecule has 0 spiro atoms. The SMILES string of the molecule is Cc1ccc(S(=O)(=O)N(Cc2ccccc2)c2ccc(C(F)(F)F)cc2Cl)cc1. The van der Waals surface area contributed by atoms with Crippen LogP contribution in [0.15, 0.2) is 77.7 Å². The zero-order valence-corrected chi connectivity index (χ0v) is 16.9. The molecule has 0 fully saturated rings. The molecule has 3 aromatic rings. The number of benzene rings is 3. The molecule has 0 heterocycles. The Hall–Kier alpha value is -2.51. The third kappa shape index (κ3) is 4.74. The van der Waals surface area contributed by atoms with Gasteiger partial charge in [0.1, 0.15) is 0 Å². The number of nitrogens with zero attached hydrogens (tertiary/aromatic N) is 1. The minimum Gasteiger partial charge on any atom is -0.260 e. The van der Waals surface area contributed by atoms with Crippen molar-refractivity contribution in [3.05, 3.63) is 94.5 Å². The van der Waals surface area contributed by atoms with Crippen molar-refractivity contribution < 1.29 is 21.6 Å². The summed E-state index contributed by atoms with van der Waals surface area (Å²) in [5, 5.41) is -0.300. The van der Waals surface area contributed by atoms with Crippen LogP contribution in [0.5, 0.6) is 0 Å². The molecule has 0 atom stereocenters. The fraction of sp³-hybridized carbons (Fsp3) is 0.143. The Balaban J connectivity index is 2.12. The van der Waals surface area contributed by atoms with Crippen LogP contribution in [0.25, 0.3) is 0 Å². The van der Waals surface area contributed by atoms with Gasteiger partial charge in [-0.05, 0) is 42.8 Å². The second kappa shape index (κ2) is 8.08. The Morgan fingerprint density at radius 1 is 0.931 bits per heavy atom. The monoisotopic (exact) mass is 439 g/mol. The van der Waals surface area contributed by atoms with Gasteiger partial charge in [-0.2, -0.15) is 13.2 Å². The quantitative estimate of drug-likeness (QED) is 0.484. The van der Waals surface area contributed by atoms with Crippen molar-refractivity contribution in [3.8, 4) is 0 Å². The number of sulfonamides is 1. The van der Waals surface area contributed by atoms with Crippen molar-refractivity contribution in [2.24, 2.45) is 0 Å². The number of alkyl halides is 3. The van der Waals surface area contributed by atoms with Gasteiger partial charge >= 0.3 is 6.18 Å². The van der Waals surface area contributed by atoms with Crippen LogP contribution in [0.3, 0.4) is 0 Å². The Kier molecular flexibility index (Phi) is 5.91. The number of rotatable bonds is 5. The highest BCUT2D eigenvalue weighted by molar-refractivity contribution is 7.92. The molecular formula is C21H17ClF3NO2S. The van der Waals surface area contributed by atoms with Crippen LogP contribution >= 0.6 is 11.6 Å². The van der Waals surface area contributed by atoms with Crippen molar-refractivity contribution in [3.63, 3.8) is 0 Å². The molecule has 8 heteroatoms. The molecule has 3 rings (SSSR count). The molecule has 0 saturated heterocycles. The summed E-state index contributed by atoms with van der Waals surface area (Å²) < 4.78 is 66.7. The predicted octanol–water partition coefficient (Wildman–Crippen LogP) is 6.06. The van der Waals surface area contributed by atoms with Gasteiger partial charge in [0.05, 0.1) is 27.7 Å². The molecule has 29 heavy (non-hydrogen) atoms. The molecule has 0 unspecified atom stereocenters. The van der Waals surface area contributed by atoms with Crippen LogP contribution in [0.4, 0.5) is 18.9 Å². The summed E-state index contributed by atoms with van der Waals surface area (Å²) in [6.07, 6.45) is -4.58. The maximum Gasteiger partial charge on any atom is 0.416 e. The van der Waals surface area contributed by atoms with Crippen molar-refractivity contribution in [1.29, 1.82) is 0 Å². The van der Waals surface area contributed by atoms with Gasteiger partial charge in [0.15, 0.2) is 0 Å². The summed E-state index contributed by atoms with van der Waals surface area (Å²) in [5.74, 6) is 0. The molecule has 152 valence electrons. The van der Waals surface area contributed by atoms with Gasteiger partial charge in [-0.25, -0.2) is 8.42 Å². The fourth-order valence-electron chi connectivity index (χ4n) is 2.77. The second-order valence-corrected chi connectivity index (χ2v) is 8.74. The largest absolute Gasteiger partial charge is 0.416 e. The Morgan fingerprint density at radius 2 is 1.55 bits per heavy atom. The molecule has 0 saturated carbocycles. The first-order valence-electron chi connectivity index (χ1n) is 8.59. The molecule has 0 aliphatic rings. The summed E-state index contributed by atoms with van der Waals surface area (Å²) in [6.45, 7) is 1.74. The average Bonchev–Trinajstić information content (AvgIpc) is 2.67. The average molecular weight is 440 g/mol. The summed E-state index contributed by atoms with van der Waals surface area (Å²) in [7, 11) is -4.07. The molecule has 0 aromatic heterocycles. The van der Waals surface area contributed by atoms with E-state index >= 15 is 0 Å². The fourth-order valence-corrected chi connectivity index (χ4v) is 4.58. The highest BCUT2D eigenvalue weighted by Gasteiger charge is 2.33. The lowest BCUT2D eigenvalue weighted by atomic mass is 10.2. The number of aryl methyl sites for hydroxylation is 1. The minimum absolute atomic E-state index is 0.0231. The van der Waals surface area contributed by atoms with E-state index in [0.717, 1.165) is 28.1 Å². The molecule has 3 aromatic carbocycles. The van der Waals surface area contributed by atoms with Crippen LogP contribution in [0, 0.1) is 6.92 Å². The van der Waals surface area contributed by atoms with E-state index in [2.05, 4.69) is 0 Å². The summed E-state index contributed by atoms with van der Waals surface area (Å²) in [6, 6.07) is 17.6. The number of hydrogen-bond acceptors (Lipinski definition) is 2. The molecule has 0 aliphatic heterocycles. The predicted molar refractivity (Wildman–Crippen MR) is 107 cm³/mol. The van der Waals surface area contributed by atoms with Gasteiger partial charge in [-0.15, -0.1) is 0 Å². The van der Waals surface area contributed by atoms with Crippen LogP contribution in [-0.2, 0) is 22.7 Å². The summed E-state index contributed by atoms with van der Waals surface area (Å²) >= 11 is 6.11. The first-order chi connectivity index (χ1) is 13.6. The van der Waals surface area contributed by atoms with Crippen molar-refractivity contribution in [1.82, 2.24) is 0 Å². The molecular weight excluding hydrogens is 423 g/mol. The van der Waals surface area contributed by atoms with E-state index in [1.165, 1.54) is 12.1 Å². The standard InChI is InChI=1S/C21H17ClF3NO2S/c1-15-7-10-18(11-8-15)29(27,28)26(14-16-5-3-2-4-6-16)20-12-9-17(13-19(20)22)21(23,24)25/h2-13H,14H2,1H3. The summed E-state index contributed by atoms with van der Waals surface area (Å²) in [4.78, 5) is 0.0231. The van der Waals surface area contributed by atoms with Gasteiger partial charge in [-0.1, -0.05) is 59.6 Å². The van der Waals surface area contributed by atoms with Crippen molar-refractivity contribution in [2.75, 3.05) is 4.31 Å². The maximum atomic E-state index is 13.3. The van der Waals surface area contributed by atoms with E-state index in [0.29, 0.717) is 5.56 Å². The molecule has 0 aliphatic carbocycles. The lowest BCUT2D eigenvalue weighted by Crippen LogP contribution is -2.31. The third-order valence-corrected chi connectivity index (χ3v) is 6.40. The normalized spacial score (nSPS) is 12.0. The second-order valence-electron chi connectivity index (χ2n) is 6.47. The van der Waals surface area contributed by atoms with E-state index in [4.69, 9.17) is 11.6 Å². The minimum atomic E-state index is -4.58. The van der Waals surface area contributed by atoms with Crippen LogP contribution < -0.4 is 4.31 Å². The smallest absolute Gasteiger partial charge is 0.260 e. The molecule has 3 nitrogen and oxygen atoms in total. The van der Waals surface area contributed by atoms with Gasteiger partial charge in [-0.3, -0.25) is 4.31 Å². The molecule has 0 N–H and O–H groups in total. The van der Waals surface area contributed by atoms with Gasteiger partial charge in [0.25, 0.3) is 10.0 Å².